The normalized spacial score (nSPS) is 15.7. The number of ether oxygens (including phenoxy) is 1. The number of carbonyl (C=O) groups is 4. The van der Waals surface area contributed by atoms with Crippen LogP contribution >= 0.6 is 0 Å². The van der Waals surface area contributed by atoms with E-state index in [1.165, 1.54) is 11.9 Å². The third-order valence-corrected chi connectivity index (χ3v) is 5.55. The van der Waals surface area contributed by atoms with Gasteiger partial charge in [0.25, 0.3) is 5.91 Å². The van der Waals surface area contributed by atoms with Gasteiger partial charge in [-0.25, -0.2) is 0 Å². The Morgan fingerprint density at radius 1 is 1.00 bits per heavy atom. The molecule has 0 saturated carbocycles. The topological polar surface area (TPSA) is 84.0 Å². The second-order valence-corrected chi connectivity index (χ2v) is 7.83. The van der Waals surface area contributed by atoms with Crippen LogP contribution in [0.5, 0.6) is 0 Å². The van der Waals surface area contributed by atoms with Gasteiger partial charge in [-0.1, -0.05) is 48.5 Å². The monoisotopic (exact) mass is 436 g/mol. The summed E-state index contributed by atoms with van der Waals surface area (Å²) in [5.41, 5.74) is 1.04. The Labute approximate surface area is 188 Å². The lowest BCUT2D eigenvalue weighted by atomic mass is 9.97. The van der Waals surface area contributed by atoms with Gasteiger partial charge in [-0.05, 0) is 25.8 Å². The number of esters is 1. The highest BCUT2D eigenvalue weighted by Gasteiger charge is 2.30. The summed E-state index contributed by atoms with van der Waals surface area (Å²) in [7, 11) is 1.54. The molecule has 2 aromatic carbocycles. The number of benzene rings is 2. The van der Waals surface area contributed by atoms with Gasteiger partial charge in [0.1, 0.15) is 0 Å². The van der Waals surface area contributed by atoms with Crippen LogP contribution < -0.4 is 0 Å². The maximum atomic E-state index is 13.1. The second-order valence-electron chi connectivity index (χ2n) is 7.83. The summed E-state index contributed by atoms with van der Waals surface area (Å²) >= 11 is 0. The van der Waals surface area contributed by atoms with Gasteiger partial charge in [0.2, 0.25) is 5.91 Å². The van der Waals surface area contributed by atoms with E-state index in [1.807, 2.05) is 6.07 Å². The first-order chi connectivity index (χ1) is 15.4. The maximum Gasteiger partial charge on any atom is 0.310 e. The lowest BCUT2D eigenvalue weighted by molar-refractivity contribution is -0.151. The number of likely N-dealkylation sites (tertiary alicyclic amines) is 1. The minimum absolute atomic E-state index is 0.137. The van der Waals surface area contributed by atoms with Gasteiger partial charge in [-0.3, -0.25) is 19.2 Å². The number of rotatable bonds is 7. The lowest BCUT2D eigenvalue weighted by Crippen LogP contribution is -2.47. The van der Waals surface area contributed by atoms with Crippen molar-refractivity contribution in [3.05, 3.63) is 71.3 Å². The van der Waals surface area contributed by atoms with E-state index in [1.54, 1.807) is 60.4 Å². The van der Waals surface area contributed by atoms with Gasteiger partial charge in [0.15, 0.2) is 5.78 Å². The van der Waals surface area contributed by atoms with Gasteiger partial charge in [-0.2, -0.15) is 0 Å². The second kappa shape index (κ2) is 10.7. The first-order valence-electron chi connectivity index (χ1n) is 10.8. The summed E-state index contributed by atoms with van der Waals surface area (Å²) in [6.45, 7) is 2.76. The zero-order valence-corrected chi connectivity index (χ0v) is 18.5. The number of ketones is 1. The molecule has 1 aliphatic rings. The number of amides is 2. The van der Waals surface area contributed by atoms with Crippen molar-refractivity contribution in [1.82, 2.24) is 9.80 Å². The fraction of sp³-hybridized carbons (Fsp3) is 0.360. The van der Waals surface area contributed by atoms with Crippen molar-refractivity contribution in [2.24, 2.45) is 5.92 Å². The first-order valence-corrected chi connectivity index (χ1v) is 10.8. The lowest BCUT2D eigenvalue weighted by Gasteiger charge is -2.32. The van der Waals surface area contributed by atoms with Crippen LogP contribution in [0.4, 0.5) is 0 Å². The predicted molar refractivity (Wildman–Crippen MR) is 119 cm³/mol. The Bertz CT molecular complexity index is 989. The molecule has 0 spiro atoms. The summed E-state index contributed by atoms with van der Waals surface area (Å²) in [5.74, 6) is -1.51. The van der Waals surface area contributed by atoms with E-state index >= 15 is 0 Å². The Kier molecular flexibility index (Phi) is 7.76. The van der Waals surface area contributed by atoms with E-state index in [2.05, 4.69) is 0 Å². The third kappa shape index (κ3) is 5.41. The van der Waals surface area contributed by atoms with Crippen LogP contribution in [0.1, 0.15) is 46.0 Å². The molecule has 168 valence electrons. The predicted octanol–water partition coefficient (Wildman–Crippen LogP) is 2.79. The molecule has 2 amide bonds. The number of likely N-dealkylation sites (N-methyl/N-ethyl adjacent to an activating group) is 1. The Balaban J connectivity index is 1.69. The molecular formula is C25H28N2O5. The summed E-state index contributed by atoms with van der Waals surface area (Å²) < 4.78 is 5.09. The van der Waals surface area contributed by atoms with E-state index in [4.69, 9.17) is 4.74 Å². The zero-order chi connectivity index (χ0) is 23.1. The summed E-state index contributed by atoms with van der Waals surface area (Å²) in [5, 5.41) is 0. The van der Waals surface area contributed by atoms with Crippen LogP contribution in [0, 0.1) is 5.92 Å². The summed E-state index contributed by atoms with van der Waals surface area (Å²) in [4.78, 5) is 53.8. The molecule has 32 heavy (non-hydrogen) atoms. The first kappa shape index (κ1) is 23.2. The van der Waals surface area contributed by atoms with Crippen molar-refractivity contribution in [3.63, 3.8) is 0 Å². The zero-order valence-electron chi connectivity index (χ0n) is 18.5. The molecule has 1 aliphatic heterocycles. The van der Waals surface area contributed by atoms with Gasteiger partial charge in [0, 0.05) is 31.3 Å². The van der Waals surface area contributed by atoms with Crippen LogP contribution in [0.2, 0.25) is 0 Å². The van der Waals surface area contributed by atoms with Crippen LogP contribution in [-0.2, 0) is 14.3 Å². The van der Waals surface area contributed by atoms with Crippen LogP contribution in [0.25, 0.3) is 0 Å². The van der Waals surface area contributed by atoms with Crippen LogP contribution in [0.15, 0.2) is 54.6 Å². The molecule has 2 aromatic rings. The maximum absolute atomic E-state index is 13.1. The van der Waals surface area contributed by atoms with Gasteiger partial charge in [-0.15, -0.1) is 0 Å². The fourth-order valence-electron chi connectivity index (χ4n) is 3.85. The van der Waals surface area contributed by atoms with Gasteiger partial charge in [0.05, 0.1) is 24.6 Å². The molecule has 1 unspecified atom stereocenters. The van der Waals surface area contributed by atoms with Crippen LogP contribution in [0.3, 0.4) is 0 Å². The van der Waals surface area contributed by atoms with Crippen molar-refractivity contribution in [3.8, 4) is 0 Å². The molecule has 1 atom stereocenters. The average molecular weight is 437 g/mol. The Hall–Kier alpha value is -3.48. The molecule has 1 saturated heterocycles. The molecule has 0 aliphatic carbocycles. The molecule has 0 bridgehead atoms. The molecule has 0 radical (unpaired) electrons. The molecule has 1 fully saturated rings. The van der Waals surface area contributed by atoms with Crippen LogP contribution in [-0.4, -0.2) is 66.7 Å². The highest BCUT2D eigenvalue weighted by Crippen LogP contribution is 2.19. The van der Waals surface area contributed by atoms with Crippen molar-refractivity contribution in [2.75, 3.05) is 33.3 Å². The highest BCUT2D eigenvalue weighted by atomic mass is 16.5. The smallest absolute Gasteiger partial charge is 0.310 e. The average Bonchev–Trinajstić information content (AvgIpc) is 2.83. The van der Waals surface area contributed by atoms with Crippen molar-refractivity contribution >= 4 is 23.6 Å². The largest absolute Gasteiger partial charge is 0.466 e. The van der Waals surface area contributed by atoms with Gasteiger partial charge >= 0.3 is 5.97 Å². The Morgan fingerprint density at radius 2 is 1.66 bits per heavy atom. The molecule has 7 nitrogen and oxygen atoms in total. The van der Waals surface area contributed by atoms with Crippen molar-refractivity contribution in [2.45, 2.75) is 19.8 Å². The number of nitrogens with zero attached hydrogens (tertiary/aromatic N) is 2. The quantitative estimate of drug-likeness (QED) is 0.492. The minimum atomic E-state index is -0.405. The van der Waals surface area contributed by atoms with Gasteiger partial charge < -0.3 is 14.5 Å². The van der Waals surface area contributed by atoms with E-state index in [9.17, 15) is 19.2 Å². The number of hydrogen-bond donors (Lipinski definition) is 0. The highest BCUT2D eigenvalue weighted by molar-refractivity contribution is 6.15. The van der Waals surface area contributed by atoms with E-state index in [-0.39, 0.29) is 35.7 Å². The van der Waals surface area contributed by atoms with Crippen molar-refractivity contribution in [1.29, 1.82) is 0 Å². The fourth-order valence-corrected chi connectivity index (χ4v) is 3.85. The molecule has 7 heteroatoms. The number of carbonyl (C=O) groups excluding carboxylic acids is 4. The summed E-state index contributed by atoms with van der Waals surface area (Å²) in [6, 6.07) is 15.4. The number of hydrogen-bond acceptors (Lipinski definition) is 5. The minimum Gasteiger partial charge on any atom is -0.466 e. The van der Waals surface area contributed by atoms with E-state index in [0.29, 0.717) is 43.7 Å². The molecule has 3 rings (SSSR count). The molecular weight excluding hydrogens is 408 g/mol. The molecule has 0 aromatic heterocycles. The van der Waals surface area contributed by atoms with E-state index in [0.717, 1.165) is 0 Å². The third-order valence-electron chi connectivity index (χ3n) is 5.55. The number of piperidine rings is 1. The summed E-state index contributed by atoms with van der Waals surface area (Å²) in [6.07, 6.45) is 1.40. The molecule has 1 heterocycles. The Morgan fingerprint density at radius 3 is 2.34 bits per heavy atom. The SMILES string of the molecule is CCOC(=O)C1CCCN(C(=O)CN(C)C(=O)c2ccccc2C(=O)c2ccccc2)C1. The standard InChI is InChI=1S/C25H28N2O5/c1-3-32-25(31)19-12-9-15-27(16-19)22(28)17-26(2)24(30)21-14-8-7-13-20(21)23(29)18-10-5-4-6-11-18/h4-8,10-11,13-14,19H,3,9,12,15-17H2,1-2H3. The molecule has 0 N–H and O–H groups in total. The van der Waals surface area contributed by atoms with E-state index < -0.39 is 5.91 Å². The van der Waals surface area contributed by atoms with Crippen molar-refractivity contribution < 1.29 is 23.9 Å².